The summed E-state index contributed by atoms with van der Waals surface area (Å²) < 4.78 is 18.6. The summed E-state index contributed by atoms with van der Waals surface area (Å²) in [4.78, 5) is 12.1. The summed E-state index contributed by atoms with van der Waals surface area (Å²) >= 11 is 0. The molecule has 0 aromatic heterocycles. The Morgan fingerprint density at radius 2 is 2.05 bits per heavy atom. The molecule has 1 aromatic carbocycles. The fourth-order valence-electron chi connectivity index (χ4n) is 1.95. The lowest BCUT2D eigenvalue weighted by Crippen LogP contribution is -2.54. The van der Waals surface area contributed by atoms with Crippen molar-refractivity contribution in [1.29, 1.82) is 0 Å². The molecule has 2 rings (SSSR count). The number of ether oxygens (including phenoxy) is 1. The number of amides is 1. The van der Waals surface area contributed by atoms with Gasteiger partial charge >= 0.3 is 0 Å². The smallest absolute Gasteiger partial charge is 0.244 e. The van der Waals surface area contributed by atoms with Gasteiger partial charge in [0.25, 0.3) is 0 Å². The van der Waals surface area contributed by atoms with Crippen LogP contribution in [0.15, 0.2) is 18.2 Å². The van der Waals surface area contributed by atoms with E-state index in [2.05, 4.69) is 5.32 Å². The first-order chi connectivity index (χ1) is 8.53. The van der Waals surface area contributed by atoms with Crippen molar-refractivity contribution in [1.82, 2.24) is 0 Å². The lowest BCUT2D eigenvalue weighted by atomic mass is 9.90. The Morgan fingerprint density at radius 1 is 1.42 bits per heavy atom. The quantitative estimate of drug-likeness (QED) is 0.875. The first kappa shape index (κ1) is 15.9. The Labute approximate surface area is 117 Å². The van der Waals surface area contributed by atoms with Crippen LogP contribution in [0.25, 0.3) is 0 Å². The molecule has 1 aliphatic heterocycles. The number of benzene rings is 1. The summed E-state index contributed by atoms with van der Waals surface area (Å²) in [6, 6.07) is 4.59. The van der Waals surface area contributed by atoms with Gasteiger partial charge in [-0.15, -0.1) is 12.4 Å². The molecule has 1 saturated heterocycles. The first-order valence-electron chi connectivity index (χ1n) is 5.96. The fraction of sp³-hybridized carbons (Fsp3) is 0.462. The van der Waals surface area contributed by atoms with E-state index in [-0.39, 0.29) is 24.1 Å². The van der Waals surface area contributed by atoms with Crippen LogP contribution >= 0.6 is 12.4 Å². The van der Waals surface area contributed by atoms with E-state index in [1.165, 1.54) is 6.07 Å². The van der Waals surface area contributed by atoms with E-state index in [9.17, 15) is 9.18 Å². The molecule has 1 amide bonds. The van der Waals surface area contributed by atoms with Gasteiger partial charge in [-0.2, -0.15) is 0 Å². The lowest BCUT2D eigenvalue weighted by molar-refractivity contribution is -0.124. The van der Waals surface area contributed by atoms with E-state index in [4.69, 9.17) is 10.5 Å². The topological polar surface area (TPSA) is 64.4 Å². The van der Waals surface area contributed by atoms with Crippen LogP contribution in [0.4, 0.5) is 10.1 Å². The summed E-state index contributed by atoms with van der Waals surface area (Å²) in [6.07, 6.45) is 0.959. The maximum absolute atomic E-state index is 13.4. The SMILES string of the molecule is Cc1c(F)cccc1NC(=O)C1(N)CCOCC1.Cl. The monoisotopic (exact) mass is 288 g/mol. The third-order valence-corrected chi connectivity index (χ3v) is 3.35. The van der Waals surface area contributed by atoms with Crippen molar-refractivity contribution in [3.63, 3.8) is 0 Å². The summed E-state index contributed by atoms with van der Waals surface area (Å²) in [5, 5.41) is 2.70. The van der Waals surface area contributed by atoms with Crippen LogP contribution < -0.4 is 11.1 Å². The molecule has 19 heavy (non-hydrogen) atoms. The van der Waals surface area contributed by atoms with E-state index < -0.39 is 5.54 Å². The predicted octanol–water partition coefficient (Wildman–Crippen LogP) is 2.00. The van der Waals surface area contributed by atoms with Gasteiger partial charge in [0.2, 0.25) is 5.91 Å². The van der Waals surface area contributed by atoms with Gasteiger partial charge in [-0.05, 0) is 31.9 Å². The van der Waals surface area contributed by atoms with Crippen molar-refractivity contribution < 1.29 is 13.9 Å². The highest BCUT2D eigenvalue weighted by Gasteiger charge is 2.36. The molecule has 1 aromatic rings. The molecule has 1 heterocycles. The molecule has 0 bridgehead atoms. The number of rotatable bonds is 2. The van der Waals surface area contributed by atoms with E-state index in [0.29, 0.717) is 37.3 Å². The Morgan fingerprint density at radius 3 is 2.68 bits per heavy atom. The summed E-state index contributed by atoms with van der Waals surface area (Å²) in [5.74, 6) is -0.620. The molecule has 3 N–H and O–H groups in total. The number of nitrogens with one attached hydrogen (secondary N) is 1. The minimum Gasteiger partial charge on any atom is -0.381 e. The average molecular weight is 289 g/mol. The van der Waals surface area contributed by atoms with Gasteiger partial charge in [0.1, 0.15) is 11.4 Å². The van der Waals surface area contributed by atoms with Crippen molar-refractivity contribution in [3.8, 4) is 0 Å². The lowest BCUT2D eigenvalue weighted by Gasteiger charge is -2.31. The fourth-order valence-corrected chi connectivity index (χ4v) is 1.95. The van der Waals surface area contributed by atoms with Crippen LogP contribution in [-0.2, 0) is 9.53 Å². The van der Waals surface area contributed by atoms with E-state index >= 15 is 0 Å². The van der Waals surface area contributed by atoms with Gasteiger partial charge in [-0.3, -0.25) is 4.79 Å². The number of halogens is 2. The van der Waals surface area contributed by atoms with Crippen molar-refractivity contribution in [2.75, 3.05) is 18.5 Å². The Hall–Kier alpha value is -1.17. The van der Waals surface area contributed by atoms with Crippen LogP contribution in [0.5, 0.6) is 0 Å². The van der Waals surface area contributed by atoms with E-state index in [0.717, 1.165) is 0 Å². The molecule has 1 fully saturated rings. The van der Waals surface area contributed by atoms with E-state index in [1.807, 2.05) is 0 Å². The van der Waals surface area contributed by atoms with Crippen LogP contribution in [0.2, 0.25) is 0 Å². The number of carbonyl (C=O) groups excluding carboxylic acids is 1. The molecule has 0 atom stereocenters. The first-order valence-corrected chi connectivity index (χ1v) is 5.96. The third-order valence-electron chi connectivity index (χ3n) is 3.35. The largest absolute Gasteiger partial charge is 0.381 e. The van der Waals surface area contributed by atoms with Crippen molar-refractivity contribution in [2.45, 2.75) is 25.3 Å². The Balaban J connectivity index is 0.00000180. The highest BCUT2D eigenvalue weighted by Crippen LogP contribution is 2.22. The third kappa shape index (κ3) is 3.43. The van der Waals surface area contributed by atoms with Crippen molar-refractivity contribution in [3.05, 3.63) is 29.6 Å². The molecule has 1 aliphatic rings. The van der Waals surface area contributed by atoms with Crippen LogP contribution in [0, 0.1) is 12.7 Å². The van der Waals surface area contributed by atoms with Gasteiger partial charge in [-0.25, -0.2) is 4.39 Å². The van der Waals surface area contributed by atoms with Gasteiger partial charge in [0.05, 0.1) is 0 Å². The maximum Gasteiger partial charge on any atom is 0.244 e. The summed E-state index contributed by atoms with van der Waals surface area (Å²) in [5.41, 5.74) is 6.02. The molecular weight excluding hydrogens is 271 g/mol. The minimum atomic E-state index is -0.920. The van der Waals surface area contributed by atoms with Gasteiger partial charge in [-0.1, -0.05) is 6.07 Å². The normalized spacial score (nSPS) is 17.4. The number of hydrogen-bond acceptors (Lipinski definition) is 3. The zero-order valence-corrected chi connectivity index (χ0v) is 11.6. The van der Waals surface area contributed by atoms with E-state index in [1.54, 1.807) is 19.1 Å². The second-order valence-corrected chi connectivity index (χ2v) is 4.64. The number of nitrogens with two attached hydrogens (primary N) is 1. The average Bonchev–Trinajstić information content (AvgIpc) is 2.36. The summed E-state index contributed by atoms with van der Waals surface area (Å²) in [6.45, 7) is 2.58. The van der Waals surface area contributed by atoms with Crippen molar-refractivity contribution in [2.24, 2.45) is 5.73 Å². The number of hydrogen-bond donors (Lipinski definition) is 2. The molecule has 4 nitrogen and oxygen atoms in total. The molecule has 0 unspecified atom stereocenters. The second-order valence-electron chi connectivity index (χ2n) is 4.64. The van der Waals surface area contributed by atoms with Crippen LogP contribution in [0.3, 0.4) is 0 Å². The highest BCUT2D eigenvalue weighted by atomic mass is 35.5. The number of carbonyl (C=O) groups is 1. The molecular formula is C13H18ClFN2O2. The van der Waals surface area contributed by atoms with Gasteiger partial charge in [0, 0.05) is 24.5 Å². The standard InChI is InChI=1S/C13H17FN2O2.ClH/c1-9-10(14)3-2-4-11(9)16-12(17)13(15)5-7-18-8-6-13;/h2-4H,5-8,15H2,1H3,(H,16,17);1H. The van der Waals surface area contributed by atoms with Crippen molar-refractivity contribution >= 4 is 24.0 Å². The maximum atomic E-state index is 13.4. The van der Waals surface area contributed by atoms with Crippen LogP contribution in [0.1, 0.15) is 18.4 Å². The van der Waals surface area contributed by atoms with Gasteiger partial charge in [0.15, 0.2) is 0 Å². The van der Waals surface area contributed by atoms with Gasteiger partial charge < -0.3 is 15.8 Å². The Bertz CT molecular complexity index is 462. The molecule has 0 aliphatic carbocycles. The molecule has 6 heteroatoms. The minimum absolute atomic E-state index is 0. The molecule has 0 spiro atoms. The number of anilines is 1. The molecule has 0 saturated carbocycles. The predicted molar refractivity (Wildman–Crippen MR) is 74.0 cm³/mol. The summed E-state index contributed by atoms with van der Waals surface area (Å²) in [7, 11) is 0. The van der Waals surface area contributed by atoms with Crippen LogP contribution in [-0.4, -0.2) is 24.7 Å². The Kier molecular flexibility index (Phi) is 5.29. The second kappa shape index (κ2) is 6.32. The zero-order chi connectivity index (χ0) is 13.2. The molecule has 0 radical (unpaired) electrons. The molecule has 106 valence electrons. The highest BCUT2D eigenvalue weighted by molar-refractivity contribution is 5.98. The zero-order valence-electron chi connectivity index (χ0n) is 10.7.